The maximum absolute atomic E-state index is 11.0. The largest absolute Gasteiger partial charge is 0.364 e. The molecule has 0 aliphatic heterocycles. The van der Waals surface area contributed by atoms with Crippen molar-refractivity contribution >= 4 is 23.3 Å². The number of nitro groups is 1. The highest BCUT2D eigenvalue weighted by Crippen LogP contribution is 2.25. The van der Waals surface area contributed by atoms with Gasteiger partial charge >= 0.3 is 5.69 Å². The van der Waals surface area contributed by atoms with Crippen molar-refractivity contribution in [1.29, 1.82) is 0 Å². The number of anilines is 1. The van der Waals surface area contributed by atoms with Gasteiger partial charge in [0.25, 0.3) is 0 Å². The Balaban J connectivity index is 2.06. The average molecular weight is 289 g/mol. The molecule has 1 aromatic carbocycles. The van der Waals surface area contributed by atoms with Crippen molar-refractivity contribution in [2.24, 2.45) is 0 Å². The van der Waals surface area contributed by atoms with Crippen molar-refractivity contribution < 1.29 is 4.92 Å². The Morgan fingerprint density at radius 2 is 2.00 bits per heavy atom. The molecule has 0 saturated carbocycles. The van der Waals surface area contributed by atoms with Crippen molar-refractivity contribution in [3.63, 3.8) is 0 Å². The summed E-state index contributed by atoms with van der Waals surface area (Å²) in [7, 11) is 0. The van der Waals surface area contributed by atoms with Crippen LogP contribution in [0.15, 0.2) is 47.5 Å². The Morgan fingerprint density at radius 1 is 1.25 bits per heavy atom. The van der Waals surface area contributed by atoms with Crippen LogP contribution >= 0.6 is 11.8 Å². The predicted octanol–water partition coefficient (Wildman–Crippen LogP) is 3.37. The van der Waals surface area contributed by atoms with Crippen molar-refractivity contribution in [3.8, 4) is 0 Å². The number of benzene rings is 1. The first kappa shape index (κ1) is 14.3. The smallest absolute Gasteiger partial charge is 0.311 e. The fourth-order valence-corrected chi connectivity index (χ4v) is 2.18. The Labute approximate surface area is 121 Å². The molecule has 104 valence electrons. The molecule has 0 aliphatic rings. The van der Waals surface area contributed by atoms with E-state index in [0.717, 1.165) is 11.4 Å². The molecule has 0 bridgehead atoms. The van der Waals surface area contributed by atoms with Gasteiger partial charge in [-0.3, -0.25) is 10.1 Å². The van der Waals surface area contributed by atoms with Crippen LogP contribution in [-0.2, 0) is 6.42 Å². The van der Waals surface area contributed by atoms with E-state index in [1.54, 1.807) is 6.07 Å². The Hall–Kier alpha value is -2.08. The number of rotatable bonds is 6. The average Bonchev–Trinajstić information content (AvgIpc) is 2.48. The summed E-state index contributed by atoms with van der Waals surface area (Å²) in [4.78, 5) is 14.8. The molecule has 1 aromatic heterocycles. The van der Waals surface area contributed by atoms with Gasteiger partial charge < -0.3 is 5.32 Å². The molecule has 0 radical (unpaired) electrons. The molecule has 2 rings (SSSR count). The second kappa shape index (κ2) is 6.91. The van der Waals surface area contributed by atoms with Crippen LogP contribution in [-0.4, -0.2) is 22.7 Å². The minimum atomic E-state index is -0.415. The molecule has 5 nitrogen and oxygen atoms in total. The highest BCUT2D eigenvalue weighted by molar-refractivity contribution is 7.98. The second-order valence-electron chi connectivity index (χ2n) is 4.14. The number of nitrogens with one attached hydrogen (secondary N) is 1. The number of thioether (sulfide) groups is 1. The third-order valence-corrected chi connectivity index (χ3v) is 3.45. The number of hydrogen-bond acceptors (Lipinski definition) is 5. The van der Waals surface area contributed by atoms with Crippen molar-refractivity contribution in [1.82, 2.24) is 4.98 Å². The zero-order valence-corrected chi connectivity index (χ0v) is 11.9. The van der Waals surface area contributed by atoms with E-state index in [4.69, 9.17) is 0 Å². The quantitative estimate of drug-likeness (QED) is 0.501. The van der Waals surface area contributed by atoms with E-state index in [1.807, 2.05) is 36.6 Å². The van der Waals surface area contributed by atoms with E-state index in [1.165, 1.54) is 23.4 Å². The topological polar surface area (TPSA) is 68.1 Å². The number of aromatic nitrogens is 1. The molecule has 0 unspecified atom stereocenters. The molecule has 0 spiro atoms. The van der Waals surface area contributed by atoms with Crippen LogP contribution in [0.2, 0.25) is 0 Å². The van der Waals surface area contributed by atoms with Crippen LogP contribution in [0.1, 0.15) is 5.56 Å². The molecule has 0 aliphatic carbocycles. The van der Waals surface area contributed by atoms with Gasteiger partial charge in [-0.2, -0.15) is 0 Å². The van der Waals surface area contributed by atoms with Gasteiger partial charge in [-0.25, -0.2) is 4.98 Å². The highest BCUT2D eigenvalue weighted by atomic mass is 32.2. The Bertz CT molecular complexity index is 590. The Kier molecular flexibility index (Phi) is 4.95. The lowest BCUT2D eigenvalue weighted by Gasteiger charge is -2.07. The molecule has 0 saturated heterocycles. The summed E-state index contributed by atoms with van der Waals surface area (Å²) in [6.07, 6.45) is 2.69. The molecule has 2 aromatic rings. The second-order valence-corrected chi connectivity index (χ2v) is 4.97. The van der Waals surface area contributed by atoms with E-state index in [2.05, 4.69) is 10.3 Å². The summed E-state index contributed by atoms with van der Waals surface area (Å²) < 4.78 is 0. The first-order chi connectivity index (χ1) is 9.70. The van der Waals surface area contributed by atoms with Crippen LogP contribution in [0.4, 0.5) is 11.5 Å². The van der Waals surface area contributed by atoms with Crippen LogP contribution in [0.5, 0.6) is 0 Å². The summed E-state index contributed by atoms with van der Waals surface area (Å²) >= 11 is 1.46. The lowest BCUT2D eigenvalue weighted by molar-refractivity contribution is -0.384. The van der Waals surface area contributed by atoms with Crippen molar-refractivity contribution in [2.75, 3.05) is 18.1 Å². The van der Waals surface area contributed by atoms with Crippen LogP contribution < -0.4 is 5.32 Å². The van der Waals surface area contributed by atoms with Crippen molar-refractivity contribution in [2.45, 2.75) is 11.4 Å². The molecule has 1 N–H and O–H groups in total. The number of nitrogens with zero attached hydrogens (tertiary/aromatic N) is 2. The third-order valence-electron chi connectivity index (χ3n) is 2.80. The highest BCUT2D eigenvalue weighted by Gasteiger charge is 2.15. The van der Waals surface area contributed by atoms with E-state index in [0.29, 0.717) is 12.4 Å². The monoisotopic (exact) mass is 289 g/mol. The first-order valence-electron chi connectivity index (χ1n) is 6.18. The summed E-state index contributed by atoms with van der Waals surface area (Å²) in [5.74, 6) is 0.331. The molecule has 1 heterocycles. The van der Waals surface area contributed by atoms with Gasteiger partial charge in [0.1, 0.15) is 0 Å². The van der Waals surface area contributed by atoms with Gasteiger partial charge in [0.2, 0.25) is 5.82 Å². The molecule has 0 amide bonds. The maximum atomic E-state index is 11.0. The minimum absolute atomic E-state index is 0.0101. The van der Waals surface area contributed by atoms with E-state index in [9.17, 15) is 10.1 Å². The van der Waals surface area contributed by atoms with Crippen LogP contribution in [0.3, 0.4) is 0 Å². The van der Waals surface area contributed by atoms with Crippen LogP contribution in [0.25, 0.3) is 0 Å². The lowest BCUT2D eigenvalue weighted by Crippen LogP contribution is -2.08. The summed E-state index contributed by atoms with van der Waals surface area (Å²) in [6.45, 7) is 0.607. The van der Waals surface area contributed by atoms with Gasteiger partial charge in [0, 0.05) is 12.6 Å². The zero-order valence-electron chi connectivity index (χ0n) is 11.1. The maximum Gasteiger partial charge on any atom is 0.311 e. The SMILES string of the molecule is CSc1ccc([N+](=O)[O-])c(NCCc2ccccc2)n1. The van der Waals surface area contributed by atoms with E-state index < -0.39 is 4.92 Å². The standard InChI is InChI=1S/C14H15N3O2S/c1-20-13-8-7-12(17(18)19)14(16-13)15-10-9-11-5-3-2-4-6-11/h2-8H,9-10H2,1H3,(H,15,16). The van der Waals surface area contributed by atoms with Crippen LogP contribution in [0, 0.1) is 10.1 Å². The molecule has 0 atom stereocenters. The van der Waals surface area contributed by atoms with Gasteiger partial charge in [0.15, 0.2) is 0 Å². The fraction of sp³-hybridized carbons (Fsp3) is 0.214. The summed E-state index contributed by atoms with van der Waals surface area (Å²) in [5, 5.41) is 14.8. The lowest BCUT2D eigenvalue weighted by atomic mass is 10.1. The molecule has 0 fully saturated rings. The molecular weight excluding hydrogens is 274 g/mol. The van der Waals surface area contributed by atoms with E-state index >= 15 is 0 Å². The molecule has 6 heteroatoms. The van der Waals surface area contributed by atoms with E-state index in [-0.39, 0.29) is 5.69 Å². The Morgan fingerprint density at radius 3 is 2.65 bits per heavy atom. The van der Waals surface area contributed by atoms with Gasteiger partial charge in [-0.1, -0.05) is 30.3 Å². The number of pyridine rings is 1. The first-order valence-corrected chi connectivity index (χ1v) is 7.40. The number of hydrogen-bond donors (Lipinski definition) is 1. The molecule has 20 heavy (non-hydrogen) atoms. The van der Waals surface area contributed by atoms with Gasteiger partial charge in [0.05, 0.1) is 9.95 Å². The van der Waals surface area contributed by atoms with Crippen molar-refractivity contribution in [3.05, 3.63) is 58.1 Å². The van der Waals surface area contributed by atoms with Gasteiger partial charge in [-0.05, 0) is 24.3 Å². The molecular formula is C14H15N3O2S. The zero-order chi connectivity index (χ0) is 14.4. The predicted molar refractivity (Wildman–Crippen MR) is 81.3 cm³/mol. The third kappa shape index (κ3) is 3.71. The minimum Gasteiger partial charge on any atom is -0.364 e. The summed E-state index contributed by atoms with van der Waals surface area (Å²) in [6, 6.07) is 13.1. The fourth-order valence-electron chi connectivity index (χ4n) is 1.79. The normalized spacial score (nSPS) is 10.2. The van der Waals surface area contributed by atoms with Gasteiger partial charge in [-0.15, -0.1) is 11.8 Å². The summed E-state index contributed by atoms with van der Waals surface area (Å²) in [5.41, 5.74) is 1.19.